The van der Waals surface area contributed by atoms with Crippen LogP contribution < -0.4 is 5.56 Å². The molecule has 1 N–H and O–H groups in total. The molecule has 0 aliphatic carbocycles. The number of carbonyl (C=O) groups is 2. The van der Waals surface area contributed by atoms with E-state index in [1.807, 2.05) is 30.3 Å². The van der Waals surface area contributed by atoms with E-state index in [0.29, 0.717) is 31.0 Å². The number of amides is 1. The monoisotopic (exact) mass is 355 g/mol. The number of H-pyrrole nitrogens is 1. The minimum atomic E-state index is -0.384. The average Bonchev–Trinajstić information content (AvgIpc) is 2.66. The summed E-state index contributed by atoms with van der Waals surface area (Å²) in [4.78, 5) is 45.1. The summed E-state index contributed by atoms with van der Waals surface area (Å²) in [6, 6.07) is 9.45. The second-order valence-electron chi connectivity index (χ2n) is 6.08. The number of aromatic amines is 1. The van der Waals surface area contributed by atoms with Crippen LogP contribution in [0, 0.1) is 0 Å². The summed E-state index contributed by atoms with van der Waals surface area (Å²) in [6.45, 7) is 2.73. The predicted octanol–water partition coefficient (Wildman–Crippen LogP) is 1.66. The molecule has 0 fully saturated rings. The Balaban J connectivity index is 1.72. The fourth-order valence-electron chi connectivity index (χ4n) is 2.97. The van der Waals surface area contributed by atoms with Crippen molar-refractivity contribution in [1.29, 1.82) is 0 Å². The number of hydrogen-bond donors (Lipinski definition) is 1. The first-order valence-electron chi connectivity index (χ1n) is 8.69. The van der Waals surface area contributed by atoms with Gasteiger partial charge in [0.25, 0.3) is 5.56 Å². The van der Waals surface area contributed by atoms with Gasteiger partial charge in [-0.15, -0.1) is 0 Å². The number of carbonyl (C=O) groups excluding carboxylic acids is 2. The lowest BCUT2D eigenvalue weighted by Crippen LogP contribution is -2.39. The Hall–Kier alpha value is -2.96. The van der Waals surface area contributed by atoms with Crippen LogP contribution in [0.4, 0.5) is 0 Å². The summed E-state index contributed by atoms with van der Waals surface area (Å²) in [5.41, 5.74) is 1.86. The molecule has 0 radical (unpaired) electrons. The zero-order valence-electron chi connectivity index (χ0n) is 14.7. The number of rotatable bonds is 5. The molecule has 1 aliphatic heterocycles. The highest BCUT2D eigenvalue weighted by molar-refractivity contribution is 5.81. The lowest BCUT2D eigenvalue weighted by Gasteiger charge is -2.28. The zero-order valence-corrected chi connectivity index (χ0v) is 14.7. The fourth-order valence-corrected chi connectivity index (χ4v) is 2.97. The van der Waals surface area contributed by atoms with Gasteiger partial charge >= 0.3 is 5.97 Å². The molecule has 26 heavy (non-hydrogen) atoms. The van der Waals surface area contributed by atoms with Gasteiger partial charge in [0, 0.05) is 24.9 Å². The third-order valence-electron chi connectivity index (χ3n) is 4.32. The fraction of sp³-hybridized carbons (Fsp3) is 0.368. The number of nitrogens with one attached hydrogen (secondary N) is 1. The number of hydrogen-bond acceptors (Lipinski definition) is 5. The Morgan fingerprint density at radius 1 is 1.23 bits per heavy atom. The van der Waals surface area contributed by atoms with E-state index in [1.165, 1.54) is 0 Å². The molecule has 2 aromatic rings. The Morgan fingerprint density at radius 3 is 2.73 bits per heavy atom. The molecule has 0 spiro atoms. The van der Waals surface area contributed by atoms with Crippen LogP contribution in [0.15, 0.2) is 35.1 Å². The van der Waals surface area contributed by atoms with Crippen LogP contribution in [-0.2, 0) is 27.3 Å². The maximum atomic E-state index is 12.5. The lowest BCUT2D eigenvalue weighted by molar-refractivity contribution is -0.145. The molecule has 1 aromatic carbocycles. The van der Waals surface area contributed by atoms with Crippen LogP contribution in [0.5, 0.6) is 0 Å². The summed E-state index contributed by atoms with van der Waals surface area (Å²) in [5.74, 6) is -0.00282. The lowest BCUT2D eigenvalue weighted by atomic mass is 10.1. The van der Waals surface area contributed by atoms with Crippen LogP contribution in [0.2, 0.25) is 0 Å². The van der Waals surface area contributed by atoms with Crippen molar-refractivity contribution in [3.63, 3.8) is 0 Å². The van der Waals surface area contributed by atoms with E-state index in [4.69, 9.17) is 4.74 Å². The summed E-state index contributed by atoms with van der Waals surface area (Å²) in [6.07, 6.45) is 0.656. The van der Waals surface area contributed by atoms with Crippen LogP contribution >= 0.6 is 0 Å². The SMILES string of the molecule is CCOC(=O)CCC(=O)N1CCc2nc(-c3ccccc3)[nH]c(=O)c2C1. The molecule has 136 valence electrons. The highest BCUT2D eigenvalue weighted by Gasteiger charge is 2.25. The Kier molecular flexibility index (Phi) is 5.46. The molecular weight excluding hydrogens is 334 g/mol. The Morgan fingerprint density at radius 2 is 2.00 bits per heavy atom. The van der Waals surface area contributed by atoms with E-state index >= 15 is 0 Å². The second-order valence-corrected chi connectivity index (χ2v) is 6.08. The van der Waals surface area contributed by atoms with Crippen molar-refractivity contribution in [2.75, 3.05) is 13.2 Å². The third kappa shape index (κ3) is 3.99. The molecule has 0 unspecified atom stereocenters. The summed E-state index contributed by atoms with van der Waals surface area (Å²) < 4.78 is 4.84. The summed E-state index contributed by atoms with van der Waals surface area (Å²) in [7, 11) is 0. The molecule has 1 amide bonds. The molecule has 7 heteroatoms. The second kappa shape index (κ2) is 7.95. The van der Waals surface area contributed by atoms with E-state index in [9.17, 15) is 14.4 Å². The van der Waals surface area contributed by atoms with Crippen LogP contribution in [0.25, 0.3) is 11.4 Å². The number of ether oxygens (including phenoxy) is 1. The molecule has 2 heterocycles. The van der Waals surface area contributed by atoms with Crippen molar-refractivity contribution in [2.45, 2.75) is 32.7 Å². The number of benzene rings is 1. The van der Waals surface area contributed by atoms with Gasteiger partial charge in [-0.3, -0.25) is 14.4 Å². The third-order valence-corrected chi connectivity index (χ3v) is 4.32. The maximum Gasteiger partial charge on any atom is 0.306 e. The molecular formula is C19H21N3O4. The van der Waals surface area contributed by atoms with E-state index in [1.54, 1.807) is 11.8 Å². The van der Waals surface area contributed by atoms with Gasteiger partial charge in [-0.2, -0.15) is 0 Å². The first kappa shape index (κ1) is 17.8. The van der Waals surface area contributed by atoms with Crippen molar-refractivity contribution < 1.29 is 14.3 Å². The van der Waals surface area contributed by atoms with Crippen LogP contribution in [0.1, 0.15) is 31.0 Å². The van der Waals surface area contributed by atoms with E-state index in [0.717, 1.165) is 11.3 Å². The van der Waals surface area contributed by atoms with Gasteiger partial charge in [0.1, 0.15) is 5.82 Å². The van der Waals surface area contributed by atoms with Gasteiger partial charge in [0.15, 0.2) is 0 Å². The predicted molar refractivity (Wildman–Crippen MR) is 95.3 cm³/mol. The zero-order chi connectivity index (χ0) is 18.5. The topological polar surface area (TPSA) is 92.4 Å². The normalized spacial score (nSPS) is 13.2. The van der Waals surface area contributed by atoms with Crippen molar-refractivity contribution in [1.82, 2.24) is 14.9 Å². The van der Waals surface area contributed by atoms with Gasteiger partial charge < -0.3 is 14.6 Å². The smallest absolute Gasteiger partial charge is 0.306 e. The standard InChI is InChI=1S/C19H21N3O4/c1-2-26-17(24)9-8-16(23)22-11-10-15-14(12-22)19(25)21-18(20-15)13-6-4-3-5-7-13/h3-7H,2,8-12H2,1H3,(H,20,21,25). The molecule has 1 aromatic heterocycles. The quantitative estimate of drug-likeness (QED) is 0.824. The average molecular weight is 355 g/mol. The highest BCUT2D eigenvalue weighted by atomic mass is 16.5. The Bertz CT molecular complexity index is 861. The number of fused-ring (bicyclic) bond motifs is 1. The van der Waals surface area contributed by atoms with Crippen LogP contribution in [-0.4, -0.2) is 39.9 Å². The van der Waals surface area contributed by atoms with Gasteiger partial charge in [-0.25, -0.2) is 4.98 Å². The molecule has 0 saturated heterocycles. The van der Waals surface area contributed by atoms with Crippen LogP contribution in [0.3, 0.4) is 0 Å². The molecule has 7 nitrogen and oxygen atoms in total. The first-order valence-corrected chi connectivity index (χ1v) is 8.69. The molecule has 0 bridgehead atoms. The molecule has 1 aliphatic rings. The number of aromatic nitrogens is 2. The van der Waals surface area contributed by atoms with Gasteiger partial charge in [0.2, 0.25) is 5.91 Å². The first-order chi connectivity index (χ1) is 12.6. The number of nitrogens with zero attached hydrogens (tertiary/aromatic N) is 2. The molecule has 0 saturated carbocycles. The van der Waals surface area contributed by atoms with E-state index in [-0.39, 0.29) is 36.8 Å². The van der Waals surface area contributed by atoms with Gasteiger partial charge in [0.05, 0.1) is 30.8 Å². The van der Waals surface area contributed by atoms with Gasteiger partial charge in [-0.05, 0) is 6.92 Å². The molecule has 0 atom stereocenters. The molecule has 3 rings (SSSR count). The van der Waals surface area contributed by atoms with Gasteiger partial charge in [-0.1, -0.05) is 30.3 Å². The van der Waals surface area contributed by atoms with Crippen molar-refractivity contribution in [3.05, 3.63) is 51.9 Å². The maximum absolute atomic E-state index is 12.5. The summed E-state index contributed by atoms with van der Waals surface area (Å²) >= 11 is 0. The highest BCUT2D eigenvalue weighted by Crippen LogP contribution is 2.19. The summed E-state index contributed by atoms with van der Waals surface area (Å²) in [5, 5.41) is 0. The largest absolute Gasteiger partial charge is 0.466 e. The minimum absolute atomic E-state index is 0.0532. The van der Waals surface area contributed by atoms with E-state index in [2.05, 4.69) is 9.97 Å². The number of esters is 1. The Labute approximate surface area is 151 Å². The minimum Gasteiger partial charge on any atom is -0.466 e. The van der Waals surface area contributed by atoms with Crippen molar-refractivity contribution in [2.24, 2.45) is 0 Å². The van der Waals surface area contributed by atoms with Crippen molar-refractivity contribution in [3.8, 4) is 11.4 Å². The van der Waals surface area contributed by atoms with E-state index < -0.39 is 0 Å². The van der Waals surface area contributed by atoms with Crippen molar-refractivity contribution >= 4 is 11.9 Å².